The van der Waals surface area contributed by atoms with Crippen LogP contribution in [0, 0.1) is 0 Å². The first-order valence-corrected chi connectivity index (χ1v) is 6.23. The number of hydrogen-bond acceptors (Lipinski definition) is 3. The van der Waals surface area contributed by atoms with Gasteiger partial charge in [-0.05, 0) is 45.8 Å². The van der Waals surface area contributed by atoms with E-state index in [9.17, 15) is 5.11 Å². The van der Waals surface area contributed by atoms with Crippen molar-refractivity contribution in [3.05, 3.63) is 52.5 Å². The third kappa shape index (κ3) is 2.96. The summed E-state index contributed by atoms with van der Waals surface area (Å²) in [6, 6.07) is 12.8. The van der Waals surface area contributed by atoms with Crippen molar-refractivity contribution in [3.63, 3.8) is 0 Å². The van der Waals surface area contributed by atoms with Gasteiger partial charge in [0, 0.05) is 0 Å². The second-order valence-electron chi connectivity index (χ2n) is 3.73. The molecule has 0 aliphatic carbocycles. The minimum atomic E-state index is 0.205. The van der Waals surface area contributed by atoms with Crippen LogP contribution in [0.5, 0.6) is 17.2 Å². The lowest BCUT2D eigenvalue weighted by atomic mass is 10.2. The quantitative estimate of drug-likeness (QED) is 0.935. The van der Waals surface area contributed by atoms with Gasteiger partial charge in [0.05, 0.1) is 11.6 Å². The molecule has 2 aromatic rings. The summed E-state index contributed by atoms with van der Waals surface area (Å²) in [5.74, 6) is 1.58. The van der Waals surface area contributed by atoms with E-state index in [-0.39, 0.29) is 5.75 Å². The molecule has 0 radical (unpaired) electrons. The summed E-state index contributed by atoms with van der Waals surface area (Å²) in [5.41, 5.74) is 0.890. The van der Waals surface area contributed by atoms with Gasteiger partial charge in [-0.2, -0.15) is 0 Å². The Labute approximate surface area is 114 Å². The second-order valence-corrected chi connectivity index (χ2v) is 4.58. The van der Waals surface area contributed by atoms with Crippen molar-refractivity contribution in [2.45, 2.75) is 6.61 Å². The minimum absolute atomic E-state index is 0.205. The second kappa shape index (κ2) is 5.78. The Balaban J connectivity index is 2.09. The molecule has 0 fully saturated rings. The predicted octanol–water partition coefficient (Wildman–Crippen LogP) is 3.74. The van der Waals surface area contributed by atoms with Gasteiger partial charge in [-0.3, -0.25) is 0 Å². The van der Waals surface area contributed by atoms with Gasteiger partial charge in [0.25, 0.3) is 0 Å². The van der Waals surface area contributed by atoms with Crippen molar-refractivity contribution in [2.75, 3.05) is 7.11 Å². The lowest BCUT2D eigenvalue weighted by Gasteiger charge is -2.10. The van der Waals surface area contributed by atoms with Crippen LogP contribution in [0.15, 0.2) is 46.9 Å². The van der Waals surface area contributed by atoms with Gasteiger partial charge in [-0.15, -0.1) is 0 Å². The largest absolute Gasteiger partial charge is 0.507 e. The van der Waals surface area contributed by atoms with Crippen molar-refractivity contribution < 1.29 is 14.6 Å². The number of para-hydroxylation sites is 2. The van der Waals surface area contributed by atoms with E-state index < -0.39 is 0 Å². The molecule has 4 heteroatoms. The normalized spacial score (nSPS) is 10.1. The maximum Gasteiger partial charge on any atom is 0.161 e. The number of ether oxygens (including phenoxy) is 2. The van der Waals surface area contributed by atoms with Crippen LogP contribution in [0.4, 0.5) is 0 Å². The van der Waals surface area contributed by atoms with Crippen molar-refractivity contribution in [1.29, 1.82) is 0 Å². The molecule has 0 atom stereocenters. The smallest absolute Gasteiger partial charge is 0.161 e. The number of methoxy groups -OCH3 is 1. The fraction of sp³-hybridized carbons (Fsp3) is 0.143. The molecule has 3 nitrogen and oxygen atoms in total. The molecule has 0 saturated heterocycles. The molecule has 0 aromatic heterocycles. The van der Waals surface area contributed by atoms with Crippen LogP contribution in [0.1, 0.15) is 5.56 Å². The molecular weight excluding hydrogens is 296 g/mol. The lowest BCUT2D eigenvalue weighted by Crippen LogP contribution is -1.97. The van der Waals surface area contributed by atoms with E-state index in [1.54, 1.807) is 19.2 Å². The first-order chi connectivity index (χ1) is 8.70. The highest BCUT2D eigenvalue weighted by Gasteiger charge is 2.04. The van der Waals surface area contributed by atoms with Crippen molar-refractivity contribution in [2.24, 2.45) is 0 Å². The Bertz CT molecular complexity index is 540. The average molecular weight is 309 g/mol. The van der Waals surface area contributed by atoms with Gasteiger partial charge in [0.2, 0.25) is 0 Å². The summed E-state index contributed by atoms with van der Waals surface area (Å²) in [4.78, 5) is 0. The molecule has 0 unspecified atom stereocenters. The molecule has 94 valence electrons. The molecule has 0 amide bonds. The summed E-state index contributed by atoms with van der Waals surface area (Å²) >= 11 is 3.24. The maximum absolute atomic E-state index is 9.57. The average Bonchev–Trinajstić information content (AvgIpc) is 2.40. The first-order valence-electron chi connectivity index (χ1n) is 5.44. The van der Waals surface area contributed by atoms with Crippen LogP contribution in [-0.4, -0.2) is 12.2 Å². The zero-order chi connectivity index (χ0) is 13.0. The van der Waals surface area contributed by atoms with E-state index in [1.165, 1.54) is 0 Å². The monoisotopic (exact) mass is 308 g/mol. The maximum atomic E-state index is 9.57. The van der Waals surface area contributed by atoms with E-state index in [2.05, 4.69) is 15.9 Å². The van der Waals surface area contributed by atoms with E-state index in [0.717, 1.165) is 5.56 Å². The molecule has 0 aliphatic heterocycles. The zero-order valence-electron chi connectivity index (χ0n) is 9.89. The van der Waals surface area contributed by atoms with Crippen molar-refractivity contribution in [1.82, 2.24) is 0 Å². The molecule has 2 rings (SSSR count). The van der Waals surface area contributed by atoms with Gasteiger partial charge in [-0.25, -0.2) is 0 Å². The first kappa shape index (κ1) is 12.8. The molecule has 0 heterocycles. The van der Waals surface area contributed by atoms with Gasteiger partial charge in [-0.1, -0.05) is 18.2 Å². The van der Waals surface area contributed by atoms with E-state index in [0.29, 0.717) is 22.6 Å². The molecule has 0 aliphatic rings. The highest BCUT2D eigenvalue weighted by Crippen LogP contribution is 2.28. The van der Waals surface area contributed by atoms with Crippen LogP contribution >= 0.6 is 15.9 Å². The van der Waals surface area contributed by atoms with Gasteiger partial charge in [0.1, 0.15) is 12.4 Å². The summed E-state index contributed by atoms with van der Waals surface area (Å²) in [5, 5.41) is 9.57. The van der Waals surface area contributed by atoms with E-state index in [1.807, 2.05) is 30.3 Å². The van der Waals surface area contributed by atoms with Crippen LogP contribution in [0.3, 0.4) is 0 Å². The number of aromatic hydroxyl groups is 1. The summed E-state index contributed by atoms with van der Waals surface area (Å²) in [6.45, 7) is 0.376. The van der Waals surface area contributed by atoms with Crippen molar-refractivity contribution in [3.8, 4) is 17.2 Å². The Hall–Kier alpha value is -1.68. The third-order valence-electron chi connectivity index (χ3n) is 2.47. The Kier molecular flexibility index (Phi) is 4.10. The fourth-order valence-electron chi connectivity index (χ4n) is 1.55. The topological polar surface area (TPSA) is 38.7 Å². The van der Waals surface area contributed by atoms with E-state index >= 15 is 0 Å². The molecule has 1 N–H and O–H groups in total. The minimum Gasteiger partial charge on any atom is -0.507 e. The Morgan fingerprint density at radius 2 is 1.83 bits per heavy atom. The number of halogens is 1. The van der Waals surface area contributed by atoms with Crippen LogP contribution in [-0.2, 0) is 6.61 Å². The zero-order valence-corrected chi connectivity index (χ0v) is 11.5. The molecule has 0 saturated carbocycles. The van der Waals surface area contributed by atoms with E-state index in [4.69, 9.17) is 9.47 Å². The number of benzene rings is 2. The number of phenolic OH excluding ortho intramolecular Hbond substituents is 1. The van der Waals surface area contributed by atoms with Crippen LogP contribution < -0.4 is 9.47 Å². The number of phenols is 1. The molecule has 0 spiro atoms. The molecular formula is C14H13BrO3. The highest BCUT2D eigenvalue weighted by atomic mass is 79.9. The third-order valence-corrected chi connectivity index (χ3v) is 3.14. The van der Waals surface area contributed by atoms with Gasteiger partial charge >= 0.3 is 0 Å². The number of rotatable bonds is 4. The molecule has 0 bridgehead atoms. The molecule has 18 heavy (non-hydrogen) atoms. The highest BCUT2D eigenvalue weighted by molar-refractivity contribution is 9.10. The Morgan fingerprint density at radius 3 is 2.50 bits per heavy atom. The fourth-order valence-corrected chi connectivity index (χ4v) is 1.79. The summed E-state index contributed by atoms with van der Waals surface area (Å²) < 4.78 is 11.5. The lowest BCUT2D eigenvalue weighted by molar-refractivity contribution is 0.284. The Morgan fingerprint density at radius 1 is 1.11 bits per heavy atom. The summed E-state index contributed by atoms with van der Waals surface area (Å²) in [7, 11) is 1.60. The number of hydrogen-bond donors (Lipinski definition) is 1. The standard InChI is InChI=1S/C14H13BrO3/c1-17-13-4-2-3-5-14(13)18-9-10-6-7-11(15)12(16)8-10/h2-8,16H,9H2,1H3. The molecule has 2 aromatic carbocycles. The predicted molar refractivity (Wildman–Crippen MR) is 73.1 cm³/mol. The van der Waals surface area contributed by atoms with Crippen molar-refractivity contribution >= 4 is 15.9 Å². The van der Waals surface area contributed by atoms with Gasteiger partial charge < -0.3 is 14.6 Å². The van der Waals surface area contributed by atoms with Crippen LogP contribution in [0.2, 0.25) is 0 Å². The summed E-state index contributed by atoms with van der Waals surface area (Å²) in [6.07, 6.45) is 0. The van der Waals surface area contributed by atoms with Gasteiger partial charge in [0.15, 0.2) is 11.5 Å². The van der Waals surface area contributed by atoms with Crippen LogP contribution in [0.25, 0.3) is 0 Å². The SMILES string of the molecule is COc1ccccc1OCc1ccc(Br)c(O)c1.